The summed E-state index contributed by atoms with van der Waals surface area (Å²) in [6.07, 6.45) is 0.853. The number of nitrogens with zero attached hydrogens (tertiary/aromatic N) is 2. The highest BCUT2D eigenvalue weighted by atomic mass is 32.1. The van der Waals surface area contributed by atoms with E-state index >= 15 is 0 Å². The normalized spacial score (nSPS) is 11.0. The first-order valence-corrected chi connectivity index (χ1v) is 8.04. The second kappa shape index (κ2) is 5.82. The van der Waals surface area contributed by atoms with Gasteiger partial charge in [-0.2, -0.15) is 0 Å². The third-order valence-electron chi connectivity index (χ3n) is 3.46. The fraction of sp³-hybridized carbons (Fsp3) is 0.294. The zero-order valence-corrected chi connectivity index (χ0v) is 13.4. The number of aryl methyl sites for hydroxylation is 3. The van der Waals surface area contributed by atoms with Gasteiger partial charge in [0, 0.05) is 17.8 Å². The zero-order chi connectivity index (χ0) is 14.8. The predicted molar refractivity (Wildman–Crippen MR) is 90.0 cm³/mol. The number of rotatable bonds is 4. The maximum absolute atomic E-state index is 4.65. The Balaban J connectivity index is 1.90. The van der Waals surface area contributed by atoms with Gasteiger partial charge in [-0.3, -0.25) is 0 Å². The monoisotopic (exact) mass is 297 g/mol. The molecular formula is C17H19N3S. The van der Waals surface area contributed by atoms with E-state index in [1.54, 1.807) is 11.3 Å². The van der Waals surface area contributed by atoms with Crippen molar-refractivity contribution in [2.75, 3.05) is 5.32 Å². The minimum absolute atomic E-state index is 0.782. The molecule has 0 aliphatic rings. The molecule has 3 aromatic rings. The molecule has 0 amide bonds. The number of fused-ring (bicyclic) bond motifs is 1. The van der Waals surface area contributed by atoms with Crippen molar-refractivity contribution in [2.45, 2.75) is 33.7 Å². The molecule has 1 aromatic carbocycles. The van der Waals surface area contributed by atoms with E-state index < -0.39 is 0 Å². The van der Waals surface area contributed by atoms with E-state index in [0.29, 0.717) is 0 Å². The van der Waals surface area contributed by atoms with Crippen molar-refractivity contribution in [3.63, 3.8) is 0 Å². The fourth-order valence-corrected chi connectivity index (χ4v) is 3.17. The molecule has 2 aromatic heterocycles. The topological polar surface area (TPSA) is 37.8 Å². The van der Waals surface area contributed by atoms with Crippen LogP contribution in [0.2, 0.25) is 0 Å². The number of anilines is 1. The molecule has 0 atom stereocenters. The van der Waals surface area contributed by atoms with Gasteiger partial charge in [-0.25, -0.2) is 9.97 Å². The number of thiophene rings is 1. The molecule has 108 valence electrons. The van der Waals surface area contributed by atoms with Crippen LogP contribution in [0, 0.1) is 13.8 Å². The molecule has 3 nitrogen and oxygen atoms in total. The van der Waals surface area contributed by atoms with Crippen LogP contribution in [0.5, 0.6) is 0 Å². The summed E-state index contributed by atoms with van der Waals surface area (Å²) in [5, 5.41) is 4.59. The summed E-state index contributed by atoms with van der Waals surface area (Å²) in [6, 6.07) is 10.7. The van der Waals surface area contributed by atoms with Gasteiger partial charge in [-0.05, 0) is 25.5 Å². The van der Waals surface area contributed by atoms with E-state index in [2.05, 4.69) is 66.4 Å². The summed E-state index contributed by atoms with van der Waals surface area (Å²) in [5.41, 5.74) is 2.54. The average molecular weight is 297 g/mol. The fourth-order valence-electron chi connectivity index (χ4n) is 2.27. The van der Waals surface area contributed by atoms with E-state index in [4.69, 9.17) is 0 Å². The summed E-state index contributed by atoms with van der Waals surface area (Å²) in [7, 11) is 0. The summed E-state index contributed by atoms with van der Waals surface area (Å²) in [5.74, 6) is 1.84. The van der Waals surface area contributed by atoms with Crippen LogP contribution in [-0.2, 0) is 13.0 Å². The number of nitrogens with one attached hydrogen (secondary N) is 1. The SMILES string of the molecule is CCc1nc(NCc2ccc(C)cc2)c2cc(C)sc2n1. The molecule has 21 heavy (non-hydrogen) atoms. The number of benzene rings is 1. The van der Waals surface area contributed by atoms with E-state index in [9.17, 15) is 0 Å². The van der Waals surface area contributed by atoms with Crippen LogP contribution < -0.4 is 5.32 Å². The van der Waals surface area contributed by atoms with E-state index in [-0.39, 0.29) is 0 Å². The van der Waals surface area contributed by atoms with Gasteiger partial charge in [0.2, 0.25) is 0 Å². The molecule has 0 saturated heterocycles. The van der Waals surface area contributed by atoms with E-state index in [0.717, 1.165) is 34.8 Å². The van der Waals surface area contributed by atoms with Gasteiger partial charge in [0.25, 0.3) is 0 Å². The molecule has 4 heteroatoms. The zero-order valence-electron chi connectivity index (χ0n) is 12.6. The van der Waals surface area contributed by atoms with Crippen LogP contribution >= 0.6 is 11.3 Å². The summed E-state index contributed by atoms with van der Waals surface area (Å²) in [6.45, 7) is 7.09. The molecule has 0 spiro atoms. The van der Waals surface area contributed by atoms with Crippen molar-refractivity contribution in [1.29, 1.82) is 0 Å². The Labute approximate surface area is 129 Å². The molecule has 0 saturated carbocycles. The highest BCUT2D eigenvalue weighted by molar-refractivity contribution is 7.18. The van der Waals surface area contributed by atoms with Crippen LogP contribution in [0.25, 0.3) is 10.2 Å². The molecule has 0 fully saturated rings. The lowest BCUT2D eigenvalue weighted by Crippen LogP contribution is -2.04. The molecule has 2 heterocycles. The standard InChI is InChI=1S/C17H19N3S/c1-4-15-19-16(14-9-12(3)21-17(14)20-15)18-10-13-7-5-11(2)6-8-13/h5-9H,4,10H2,1-3H3,(H,18,19,20). The molecule has 0 aliphatic heterocycles. The van der Waals surface area contributed by atoms with Crippen molar-refractivity contribution in [3.8, 4) is 0 Å². The molecule has 1 N–H and O–H groups in total. The second-order valence-electron chi connectivity index (χ2n) is 5.26. The van der Waals surface area contributed by atoms with Crippen molar-refractivity contribution in [3.05, 3.63) is 52.2 Å². The first-order chi connectivity index (χ1) is 10.2. The van der Waals surface area contributed by atoms with E-state index in [1.165, 1.54) is 16.0 Å². The van der Waals surface area contributed by atoms with E-state index in [1.807, 2.05) is 0 Å². The van der Waals surface area contributed by atoms with Crippen LogP contribution in [0.4, 0.5) is 5.82 Å². The molecule has 0 radical (unpaired) electrons. The molecule has 3 rings (SSSR count). The van der Waals surface area contributed by atoms with Crippen molar-refractivity contribution in [1.82, 2.24) is 9.97 Å². The van der Waals surface area contributed by atoms with Gasteiger partial charge in [0.1, 0.15) is 16.5 Å². The van der Waals surface area contributed by atoms with Gasteiger partial charge in [0.15, 0.2) is 0 Å². The largest absolute Gasteiger partial charge is 0.365 e. The summed E-state index contributed by atoms with van der Waals surface area (Å²) >= 11 is 1.73. The summed E-state index contributed by atoms with van der Waals surface area (Å²) in [4.78, 5) is 11.6. The van der Waals surface area contributed by atoms with Gasteiger partial charge < -0.3 is 5.32 Å². The van der Waals surface area contributed by atoms with Crippen LogP contribution in [0.3, 0.4) is 0 Å². The first kappa shape index (κ1) is 14.0. The number of hydrogen-bond acceptors (Lipinski definition) is 4. The Morgan fingerprint density at radius 2 is 1.86 bits per heavy atom. The third-order valence-corrected chi connectivity index (χ3v) is 4.40. The third kappa shape index (κ3) is 3.05. The molecular weight excluding hydrogens is 278 g/mol. The first-order valence-electron chi connectivity index (χ1n) is 7.22. The van der Waals surface area contributed by atoms with Crippen LogP contribution in [0.15, 0.2) is 30.3 Å². The average Bonchev–Trinajstić information content (AvgIpc) is 2.86. The van der Waals surface area contributed by atoms with Gasteiger partial charge >= 0.3 is 0 Å². The maximum Gasteiger partial charge on any atom is 0.138 e. The molecule has 0 aliphatic carbocycles. The van der Waals surface area contributed by atoms with Crippen molar-refractivity contribution < 1.29 is 0 Å². The van der Waals surface area contributed by atoms with Gasteiger partial charge in [-0.15, -0.1) is 11.3 Å². The Bertz CT molecular complexity index is 760. The Kier molecular flexibility index (Phi) is 3.88. The summed E-state index contributed by atoms with van der Waals surface area (Å²) < 4.78 is 0. The Morgan fingerprint density at radius 3 is 2.57 bits per heavy atom. The number of aromatic nitrogens is 2. The lowest BCUT2D eigenvalue weighted by atomic mass is 10.1. The van der Waals surface area contributed by atoms with Crippen molar-refractivity contribution >= 4 is 27.4 Å². The van der Waals surface area contributed by atoms with Crippen LogP contribution in [-0.4, -0.2) is 9.97 Å². The smallest absolute Gasteiger partial charge is 0.138 e. The molecule has 0 unspecified atom stereocenters. The van der Waals surface area contributed by atoms with Crippen molar-refractivity contribution in [2.24, 2.45) is 0 Å². The Hall–Kier alpha value is -1.94. The highest BCUT2D eigenvalue weighted by Crippen LogP contribution is 2.28. The minimum Gasteiger partial charge on any atom is -0.365 e. The quantitative estimate of drug-likeness (QED) is 0.771. The minimum atomic E-state index is 0.782. The highest BCUT2D eigenvalue weighted by Gasteiger charge is 2.09. The lowest BCUT2D eigenvalue weighted by Gasteiger charge is -2.08. The second-order valence-corrected chi connectivity index (χ2v) is 6.49. The number of hydrogen-bond donors (Lipinski definition) is 1. The molecule has 0 bridgehead atoms. The van der Waals surface area contributed by atoms with Gasteiger partial charge in [-0.1, -0.05) is 36.8 Å². The predicted octanol–water partition coefficient (Wildman–Crippen LogP) is 4.48. The van der Waals surface area contributed by atoms with Crippen LogP contribution in [0.1, 0.15) is 28.8 Å². The lowest BCUT2D eigenvalue weighted by molar-refractivity contribution is 0.957. The Morgan fingerprint density at radius 1 is 1.10 bits per heavy atom. The van der Waals surface area contributed by atoms with Gasteiger partial charge in [0.05, 0.1) is 5.39 Å². The maximum atomic E-state index is 4.65.